The minimum atomic E-state index is -0.542. The van der Waals surface area contributed by atoms with Gasteiger partial charge in [-0.3, -0.25) is 14.6 Å². The molecule has 1 N–H and O–H groups in total. The number of nitrogens with one attached hydrogen (secondary N) is 1. The molecule has 0 spiro atoms. The first-order valence-corrected chi connectivity index (χ1v) is 11.6. The van der Waals surface area contributed by atoms with Crippen LogP contribution in [0.25, 0.3) is 21.7 Å². The Hall–Kier alpha value is -3.74. The summed E-state index contributed by atoms with van der Waals surface area (Å²) in [7, 11) is 0. The molecule has 174 valence electrons. The fraction of sp³-hybridized carbons (Fsp3) is 0.296. The largest absolute Gasteiger partial charge is 0.465 e. The highest BCUT2D eigenvalue weighted by atomic mass is 19.1. The normalized spacial score (nSPS) is 18.1. The first-order chi connectivity index (χ1) is 16.6. The third-order valence-corrected chi connectivity index (χ3v) is 6.72. The predicted octanol–water partition coefficient (Wildman–Crippen LogP) is 4.84. The lowest BCUT2D eigenvalue weighted by molar-refractivity contribution is -0.135. The Bertz CT molecular complexity index is 1340. The second-order valence-electron chi connectivity index (χ2n) is 8.91. The number of benzene rings is 2. The lowest BCUT2D eigenvalue weighted by atomic mass is 9.87. The van der Waals surface area contributed by atoms with E-state index in [1.165, 1.54) is 6.07 Å². The highest BCUT2D eigenvalue weighted by Crippen LogP contribution is 2.27. The summed E-state index contributed by atoms with van der Waals surface area (Å²) in [6, 6.07) is 14.9. The number of hydrogen-bond acceptors (Lipinski definition) is 4. The van der Waals surface area contributed by atoms with Gasteiger partial charge in [-0.25, -0.2) is 4.39 Å². The van der Waals surface area contributed by atoms with E-state index in [0.29, 0.717) is 25.1 Å². The average molecular weight is 460 g/mol. The van der Waals surface area contributed by atoms with Crippen LogP contribution in [0.15, 0.2) is 60.9 Å². The summed E-state index contributed by atoms with van der Waals surface area (Å²) >= 11 is 0. The number of pyridine rings is 1. The van der Waals surface area contributed by atoms with Crippen molar-refractivity contribution in [3.8, 4) is 0 Å². The van der Waals surface area contributed by atoms with Crippen LogP contribution < -0.4 is 5.32 Å². The zero-order valence-electron chi connectivity index (χ0n) is 18.7. The number of ether oxygens (including phenoxy) is 1. The number of rotatable bonds is 7. The molecule has 0 aliphatic heterocycles. The second-order valence-corrected chi connectivity index (χ2v) is 8.91. The Kier molecular flexibility index (Phi) is 6.25. The van der Waals surface area contributed by atoms with Gasteiger partial charge in [-0.1, -0.05) is 24.3 Å². The first kappa shape index (κ1) is 22.1. The molecule has 6 nitrogen and oxygen atoms in total. The maximum absolute atomic E-state index is 14.9. The van der Waals surface area contributed by atoms with Crippen LogP contribution in [0.5, 0.6) is 0 Å². The second kappa shape index (κ2) is 9.63. The van der Waals surface area contributed by atoms with Crippen molar-refractivity contribution >= 4 is 34.1 Å². The molecule has 4 aromatic rings. The third kappa shape index (κ3) is 4.51. The van der Waals surface area contributed by atoms with Crippen LogP contribution in [0.3, 0.4) is 0 Å². The van der Waals surface area contributed by atoms with Crippen LogP contribution in [0.1, 0.15) is 41.7 Å². The van der Waals surface area contributed by atoms with Crippen molar-refractivity contribution in [1.82, 2.24) is 14.9 Å². The van der Waals surface area contributed by atoms with Crippen LogP contribution >= 0.6 is 0 Å². The Balaban J connectivity index is 1.36. The molecule has 1 amide bonds. The van der Waals surface area contributed by atoms with E-state index in [1.54, 1.807) is 6.07 Å². The van der Waals surface area contributed by atoms with Gasteiger partial charge in [0.05, 0.1) is 23.3 Å². The van der Waals surface area contributed by atoms with Crippen molar-refractivity contribution in [2.45, 2.75) is 38.3 Å². The van der Waals surface area contributed by atoms with Crippen molar-refractivity contribution in [2.24, 2.45) is 5.92 Å². The van der Waals surface area contributed by atoms with Crippen LogP contribution in [-0.4, -0.2) is 34.6 Å². The highest BCUT2D eigenvalue weighted by molar-refractivity contribution is 6.06. The zero-order chi connectivity index (χ0) is 23.5. The van der Waals surface area contributed by atoms with E-state index in [1.807, 2.05) is 53.4 Å². The van der Waals surface area contributed by atoms with Gasteiger partial charge in [-0.05, 0) is 61.3 Å². The van der Waals surface area contributed by atoms with E-state index >= 15 is 0 Å². The molecular weight excluding hydrogens is 433 g/mol. The van der Waals surface area contributed by atoms with Gasteiger partial charge < -0.3 is 14.6 Å². The summed E-state index contributed by atoms with van der Waals surface area (Å²) in [5.41, 5.74) is 1.46. The smallest absolute Gasteiger partial charge is 0.293 e. The average Bonchev–Trinajstić information content (AvgIpc) is 3.26. The van der Waals surface area contributed by atoms with E-state index in [4.69, 9.17) is 4.74 Å². The Morgan fingerprint density at radius 1 is 1.09 bits per heavy atom. The minimum Gasteiger partial charge on any atom is -0.465 e. The maximum atomic E-state index is 14.9. The van der Waals surface area contributed by atoms with E-state index in [0.717, 1.165) is 47.5 Å². The molecule has 0 atom stereocenters. The molecule has 1 fully saturated rings. The number of nitrogens with zero attached hydrogens (tertiary/aromatic N) is 2. The molecule has 0 saturated heterocycles. The molecule has 5 rings (SSSR count). The van der Waals surface area contributed by atoms with Gasteiger partial charge in [0, 0.05) is 29.7 Å². The topological polar surface area (TPSA) is 73.2 Å². The Morgan fingerprint density at radius 3 is 2.68 bits per heavy atom. The first-order valence-electron chi connectivity index (χ1n) is 11.6. The summed E-state index contributed by atoms with van der Waals surface area (Å²) in [5.74, 6) is -0.674. The molecular formula is C27H26FN3O3. The van der Waals surface area contributed by atoms with Crippen molar-refractivity contribution in [1.29, 1.82) is 0 Å². The van der Waals surface area contributed by atoms with Gasteiger partial charge in [0.2, 0.25) is 0 Å². The quantitative estimate of drug-likeness (QED) is 0.402. The SMILES string of the molecule is O=COC1CCC(CNC(=O)c2c(F)ccc3ccn(Cc4cc5ccccc5cn4)c23)CC1. The number of carbonyl (C=O) groups excluding carboxylic acids is 2. The summed E-state index contributed by atoms with van der Waals surface area (Å²) < 4.78 is 21.9. The van der Waals surface area contributed by atoms with E-state index in [2.05, 4.69) is 10.3 Å². The lowest BCUT2D eigenvalue weighted by Gasteiger charge is -2.27. The van der Waals surface area contributed by atoms with Gasteiger partial charge in [-0.2, -0.15) is 0 Å². The third-order valence-electron chi connectivity index (χ3n) is 6.72. The number of carbonyl (C=O) groups is 2. The molecule has 0 radical (unpaired) electrons. The van der Waals surface area contributed by atoms with Crippen molar-refractivity contribution in [2.75, 3.05) is 6.54 Å². The van der Waals surface area contributed by atoms with Gasteiger partial charge in [0.1, 0.15) is 11.9 Å². The van der Waals surface area contributed by atoms with Gasteiger partial charge in [0.15, 0.2) is 0 Å². The van der Waals surface area contributed by atoms with Crippen LogP contribution in [-0.2, 0) is 16.1 Å². The molecule has 2 aromatic carbocycles. The van der Waals surface area contributed by atoms with Crippen molar-refractivity contribution < 1.29 is 18.7 Å². The number of hydrogen-bond donors (Lipinski definition) is 1. The molecule has 7 heteroatoms. The monoisotopic (exact) mass is 459 g/mol. The van der Waals surface area contributed by atoms with Gasteiger partial charge in [0.25, 0.3) is 12.4 Å². The zero-order valence-corrected chi connectivity index (χ0v) is 18.7. The predicted molar refractivity (Wildman–Crippen MR) is 128 cm³/mol. The standard InChI is InChI=1S/C27H26FN3O3/c28-24-10-7-19-11-12-31(16-22-13-20-3-1-2-4-21(20)15-29-22)26(19)25(24)27(33)30-14-18-5-8-23(9-6-18)34-17-32/h1-4,7,10-13,15,17-18,23H,5-6,8-9,14,16H2,(H,30,33). The molecule has 1 aliphatic carbocycles. The van der Waals surface area contributed by atoms with Crippen LogP contribution in [0.4, 0.5) is 4.39 Å². The Morgan fingerprint density at radius 2 is 1.88 bits per heavy atom. The van der Waals surface area contributed by atoms with E-state index < -0.39 is 11.7 Å². The summed E-state index contributed by atoms with van der Waals surface area (Å²) in [6.45, 7) is 1.40. The summed E-state index contributed by atoms with van der Waals surface area (Å²) in [6.07, 6.45) is 6.94. The maximum Gasteiger partial charge on any atom is 0.293 e. The van der Waals surface area contributed by atoms with Crippen LogP contribution in [0.2, 0.25) is 0 Å². The highest BCUT2D eigenvalue weighted by Gasteiger charge is 2.24. The van der Waals surface area contributed by atoms with Crippen molar-refractivity contribution in [3.05, 3.63) is 78.0 Å². The molecule has 2 aromatic heterocycles. The fourth-order valence-electron chi connectivity index (χ4n) is 4.89. The summed E-state index contributed by atoms with van der Waals surface area (Å²) in [4.78, 5) is 28.2. The molecule has 0 bridgehead atoms. The van der Waals surface area contributed by atoms with Crippen LogP contribution in [0, 0.1) is 11.7 Å². The molecule has 2 heterocycles. The van der Waals surface area contributed by atoms with Crippen molar-refractivity contribution in [3.63, 3.8) is 0 Å². The van der Waals surface area contributed by atoms with E-state index in [-0.39, 0.29) is 17.6 Å². The Labute approximate surface area is 196 Å². The number of fused-ring (bicyclic) bond motifs is 2. The number of amides is 1. The molecule has 1 aliphatic rings. The van der Waals surface area contributed by atoms with E-state index in [9.17, 15) is 14.0 Å². The number of halogens is 1. The minimum absolute atomic E-state index is 0.0392. The lowest BCUT2D eigenvalue weighted by Crippen LogP contribution is -2.33. The molecule has 34 heavy (non-hydrogen) atoms. The van der Waals surface area contributed by atoms with Gasteiger partial charge >= 0.3 is 0 Å². The number of aromatic nitrogens is 2. The fourth-order valence-corrected chi connectivity index (χ4v) is 4.89. The molecule has 0 unspecified atom stereocenters. The van der Waals surface area contributed by atoms with Gasteiger partial charge in [-0.15, -0.1) is 0 Å². The summed E-state index contributed by atoms with van der Waals surface area (Å²) in [5, 5.41) is 5.88. The molecule has 1 saturated carbocycles.